The number of carbonyl (C=O) groups is 1. The molecule has 1 heterocycles. The van der Waals surface area contributed by atoms with Gasteiger partial charge in [0.05, 0.1) is 5.92 Å². The maximum Gasteiger partial charge on any atom is 0.306 e. The number of carboxylic acid groups (broad SMARTS) is 1. The molecule has 1 aliphatic rings. The van der Waals surface area contributed by atoms with E-state index < -0.39 is 5.97 Å². The number of aliphatic carboxylic acids is 1. The highest BCUT2D eigenvalue weighted by molar-refractivity contribution is 5.70. The fourth-order valence-electron chi connectivity index (χ4n) is 2.46. The van der Waals surface area contributed by atoms with Gasteiger partial charge in [0.25, 0.3) is 5.95 Å². The lowest BCUT2D eigenvalue weighted by Gasteiger charge is -2.14. The Morgan fingerprint density at radius 3 is 2.72 bits per heavy atom. The van der Waals surface area contributed by atoms with Crippen LogP contribution in [0.1, 0.15) is 44.9 Å². The number of nitrogens with zero attached hydrogens (tertiary/aromatic N) is 3. The summed E-state index contributed by atoms with van der Waals surface area (Å²) in [6, 6.07) is 0. The molecule has 0 radical (unpaired) electrons. The van der Waals surface area contributed by atoms with Gasteiger partial charge in [0.2, 0.25) is 5.89 Å². The van der Waals surface area contributed by atoms with Crippen LogP contribution in [0.25, 0.3) is 0 Å². The van der Waals surface area contributed by atoms with Gasteiger partial charge in [0.1, 0.15) is 0 Å². The molecule has 1 aromatic rings. The molecule has 2 rings (SSSR count). The van der Waals surface area contributed by atoms with Gasteiger partial charge in [-0.2, -0.15) is 4.98 Å². The molecule has 0 saturated heterocycles. The normalized spacial score (nSPS) is 23.2. The topological polar surface area (TPSA) is 79.5 Å². The van der Waals surface area contributed by atoms with E-state index in [0.29, 0.717) is 24.7 Å². The maximum absolute atomic E-state index is 10.9. The second-order valence-corrected chi connectivity index (χ2v) is 4.65. The van der Waals surface area contributed by atoms with E-state index in [1.165, 1.54) is 0 Å². The number of carboxylic acids is 1. The molecule has 0 amide bonds. The molecule has 1 saturated carbocycles. The lowest BCUT2D eigenvalue weighted by molar-refractivity contribution is -0.141. The monoisotopic (exact) mass is 253 g/mol. The van der Waals surface area contributed by atoms with Crippen molar-refractivity contribution < 1.29 is 14.4 Å². The Morgan fingerprint density at radius 1 is 1.44 bits per heavy atom. The number of hydrogen-bond acceptors (Lipinski definition) is 5. The molecular weight excluding hydrogens is 234 g/mol. The van der Waals surface area contributed by atoms with Crippen molar-refractivity contribution in [1.29, 1.82) is 0 Å². The number of hydrogen-bond donors (Lipinski definition) is 1. The van der Waals surface area contributed by atoms with Crippen molar-refractivity contribution in [3.05, 3.63) is 5.89 Å². The van der Waals surface area contributed by atoms with Gasteiger partial charge in [-0.1, -0.05) is 0 Å². The van der Waals surface area contributed by atoms with Gasteiger partial charge in [-0.05, 0) is 38.3 Å². The number of anilines is 1. The van der Waals surface area contributed by atoms with Gasteiger partial charge in [-0.15, -0.1) is 0 Å². The molecule has 2 atom stereocenters. The minimum absolute atomic E-state index is 0.0999. The van der Waals surface area contributed by atoms with Gasteiger partial charge in [0, 0.05) is 19.0 Å². The second kappa shape index (κ2) is 5.37. The molecule has 6 heteroatoms. The fourth-order valence-corrected chi connectivity index (χ4v) is 2.46. The fraction of sp³-hybridized carbons (Fsp3) is 0.750. The van der Waals surface area contributed by atoms with E-state index in [9.17, 15) is 4.79 Å². The molecule has 0 spiro atoms. The van der Waals surface area contributed by atoms with Crippen LogP contribution in [-0.2, 0) is 4.79 Å². The average Bonchev–Trinajstić information content (AvgIpc) is 2.98. The van der Waals surface area contributed by atoms with Crippen molar-refractivity contribution in [2.45, 2.75) is 39.0 Å². The summed E-state index contributed by atoms with van der Waals surface area (Å²) in [5.41, 5.74) is 0. The van der Waals surface area contributed by atoms with Crippen LogP contribution in [0.15, 0.2) is 4.52 Å². The molecule has 0 aliphatic heterocycles. The van der Waals surface area contributed by atoms with Crippen molar-refractivity contribution in [3.63, 3.8) is 0 Å². The minimum atomic E-state index is -0.721. The van der Waals surface area contributed by atoms with Gasteiger partial charge < -0.3 is 14.5 Å². The molecule has 100 valence electrons. The Labute approximate surface area is 106 Å². The first kappa shape index (κ1) is 12.9. The summed E-state index contributed by atoms with van der Waals surface area (Å²) in [6.07, 6.45) is 2.12. The summed E-state index contributed by atoms with van der Waals surface area (Å²) in [6.45, 7) is 5.74. The average molecular weight is 253 g/mol. The molecule has 1 aromatic heterocycles. The first-order chi connectivity index (χ1) is 8.65. The van der Waals surface area contributed by atoms with Crippen LogP contribution in [-0.4, -0.2) is 34.3 Å². The van der Waals surface area contributed by atoms with E-state index in [0.717, 1.165) is 19.5 Å². The molecule has 1 N–H and O–H groups in total. The van der Waals surface area contributed by atoms with E-state index >= 15 is 0 Å². The zero-order chi connectivity index (χ0) is 13.1. The minimum Gasteiger partial charge on any atom is -0.481 e. The Kier molecular flexibility index (Phi) is 3.84. The smallest absolute Gasteiger partial charge is 0.306 e. The summed E-state index contributed by atoms with van der Waals surface area (Å²) in [7, 11) is 0. The van der Waals surface area contributed by atoms with Crippen molar-refractivity contribution in [2.24, 2.45) is 5.92 Å². The van der Waals surface area contributed by atoms with Gasteiger partial charge in [0.15, 0.2) is 0 Å². The van der Waals surface area contributed by atoms with E-state index in [1.54, 1.807) is 0 Å². The summed E-state index contributed by atoms with van der Waals surface area (Å²) < 4.78 is 5.27. The maximum atomic E-state index is 10.9. The predicted molar refractivity (Wildman–Crippen MR) is 65.6 cm³/mol. The van der Waals surface area contributed by atoms with Gasteiger partial charge in [-0.25, -0.2) is 0 Å². The summed E-state index contributed by atoms with van der Waals surface area (Å²) in [4.78, 5) is 17.3. The highest BCUT2D eigenvalue weighted by Gasteiger charge is 2.34. The molecule has 1 fully saturated rings. The molecular formula is C12H19N3O3. The standard InChI is InChI=1S/C12H19N3O3/c1-3-15(4-2)12-13-10(18-14-12)8-5-6-9(7-8)11(16)17/h8-9H,3-7H2,1-2H3,(H,16,17). The van der Waals surface area contributed by atoms with Crippen molar-refractivity contribution in [3.8, 4) is 0 Å². The first-order valence-corrected chi connectivity index (χ1v) is 6.47. The molecule has 18 heavy (non-hydrogen) atoms. The highest BCUT2D eigenvalue weighted by Crippen LogP contribution is 2.38. The van der Waals surface area contributed by atoms with E-state index in [-0.39, 0.29) is 11.8 Å². The molecule has 6 nitrogen and oxygen atoms in total. The Balaban J connectivity index is 2.05. The molecule has 0 aromatic carbocycles. The Hall–Kier alpha value is -1.59. The second-order valence-electron chi connectivity index (χ2n) is 4.65. The van der Waals surface area contributed by atoms with Crippen LogP contribution in [0.5, 0.6) is 0 Å². The third-order valence-corrected chi connectivity index (χ3v) is 3.61. The van der Waals surface area contributed by atoms with Crippen molar-refractivity contribution in [2.75, 3.05) is 18.0 Å². The lowest BCUT2D eigenvalue weighted by Crippen LogP contribution is -2.23. The van der Waals surface area contributed by atoms with E-state index in [2.05, 4.69) is 10.1 Å². The van der Waals surface area contributed by atoms with Crippen LogP contribution >= 0.6 is 0 Å². The first-order valence-electron chi connectivity index (χ1n) is 6.47. The third-order valence-electron chi connectivity index (χ3n) is 3.61. The van der Waals surface area contributed by atoms with Crippen molar-refractivity contribution >= 4 is 11.9 Å². The van der Waals surface area contributed by atoms with Crippen LogP contribution in [0, 0.1) is 5.92 Å². The largest absolute Gasteiger partial charge is 0.481 e. The molecule has 0 bridgehead atoms. The number of aromatic nitrogens is 2. The van der Waals surface area contributed by atoms with Crippen LogP contribution in [0.3, 0.4) is 0 Å². The van der Waals surface area contributed by atoms with Crippen LogP contribution < -0.4 is 4.90 Å². The summed E-state index contributed by atoms with van der Waals surface area (Å²) >= 11 is 0. The van der Waals surface area contributed by atoms with Crippen LogP contribution in [0.2, 0.25) is 0 Å². The zero-order valence-corrected chi connectivity index (χ0v) is 10.8. The molecule has 1 aliphatic carbocycles. The summed E-state index contributed by atoms with van der Waals surface area (Å²) in [5.74, 6) is 0.303. The Bertz CT molecular complexity index is 414. The zero-order valence-electron chi connectivity index (χ0n) is 10.8. The van der Waals surface area contributed by atoms with Gasteiger partial charge in [-0.3, -0.25) is 4.79 Å². The quantitative estimate of drug-likeness (QED) is 0.863. The molecule has 2 unspecified atom stereocenters. The lowest BCUT2D eigenvalue weighted by atomic mass is 10.1. The Morgan fingerprint density at radius 2 is 2.17 bits per heavy atom. The van der Waals surface area contributed by atoms with Gasteiger partial charge >= 0.3 is 5.97 Å². The third kappa shape index (κ3) is 2.47. The number of rotatable bonds is 5. The van der Waals surface area contributed by atoms with Crippen LogP contribution in [0.4, 0.5) is 5.95 Å². The van der Waals surface area contributed by atoms with E-state index in [1.807, 2.05) is 18.7 Å². The predicted octanol–water partition coefficient (Wildman–Crippen LogP) is 1.88. The highest BCUT2D eigenvalue weighted by atomic mass is 16.5. The SMILES string of the molecule is CCN(CC)c1noc(C2CCC(C(=O)O)C2)n1. The van der Waals surface area contributed by atoms with E-state index in [4.69, 9.17) is 9.63 Å². The van der Waals surface area contributed by atoms with Crippen molar-refractivity contribution in [1.82, 2.24) is 10.1 Å². The summed E-state index contributed by atoms with van der Waals surface area (Å²) in [5, 5.41) is 12.9.